The van der Waals surface area contributed by atoms with E-state index in [0.717, 1.165) is 11.2 Å². The molecule has 0 spiro atoms. The monoisotopic (exact) mass is 189 g/mol. The Bertz CT molecular complexity index is 480. The second kappa shape index (κ2) is 3.18. The SMILES string of the molecule is COc1cc(C)nc2cccc(O)c12. The highest BCUT2D eigenvalue weighted by Gasteiger charge is 2.07. The second-order valence-corrected chi connectivity index (χ2v) is 3.14. The standard InChI is InChI=1S/C11H11NO2/c1-7-6-10(14-2)11-8(12-7)4-3-5-9(11)13/h3-6,13H,1-2H3. The lowest BCUT2D eigenvalue weighted by Crippen LogP contribution is -1.90. The fourth-order valence-electron chi connectivity index (χ4n) is 1.52. The number of hydrogen-bond donors (Lipinski definition) is 1. The molecule has 0 aliphatic rings. The third-order valence-corrected chi connectivity index (χ3v) is 2.12. The number of nitrogens with zero attached hydrogens (tertiary/aromatic N) is 1. The number of ether oxygens (including phenoxy) is 1. The Labute approximate surface area is 82.0 Å². The van der Waals surface area contributed by atoms with Crippen molar-refractivity contribution < 1.29 is 9.84 Å². The zero-order valence-electron chi connectivity index (χ0n) is 8.11. The minimum atomic E-state index is 0.201. The number of aromatic hydroxyl groups is 1. The van der Waals surface area contributed by atoms with Crippen molar-refractivity contribution in [2.24, 2.45) is 0 Å². The van der Waals surface area contributed by atoms with Gasteiger partial charge in [-0.2, -0.15) is 0 Å². The molecular formula is C11H11NO2. The van der Waals surface area contributed by atoms with Crippen molar-refractivity contribution in [3.05, 3.63) is 30.0 Å². The summed E-state index contributed by atoms with van der Waals surface area (Å²) in [4.78, 5) is 4.31. The van der Waals surface area contributed by atoms with Crippen LogP contribution in [-0.2, 0) is 0 Å². The fourth-order valence-corrected chi connectivity index (χ4v) is 1.52. The third kappa shape index (κ3) is 1.27. The van der Waals surface area contributed by atoms with Gasteiger partial charge >= 0.3 is 0 Å². The molecule has 1 aromatic carbocycles. The Morgan fingerprint density at radius 1 is 1.36 bits per heavy atom. The van der Waals surface area contributed by atoms with E-state index in [1.54, 1.807) is 19.2 Å². The van der Waals surface area contributed by atoms with Crippen LogP contribution in [0.25, 0.3) is 10.9 Å². The summed E-state index contributed by atoms with van der Waals surface area (Å²) >= 11 is 0. The first-order chi connectivity index (χ1) is 6.72. The van der Waals surface area contributed by atoms with Crippen LogP contribution in [0.1, 0.15) is 5.69 Å². The second-order valence-electron chi connectivity index (χ2n) is 3.14. The average molecular weight is 189 g/mol. The summed E-state index contributed by atoms with van der Waals surface area (Å²) in [6.45, 7) is 1.89. The molecule has 0 aliphatic carbocycles. The third-order valence-electron chi connectivity index (χ3n) is 2.12. The Kier molecular flexibility index (Phi) is 2.00. The van der Waals surface area contributed by atoms with E-state index in [4.69, 9.17) is 4.74 Å². The van der Waals surface area contributed by atoms with Gasteiger partial charge in [-0.15, -0.1) is 0 Å². The van der Waals surface area contributed by atoms with Crippen molar-refractivity contribution in [2.75, 3.05) is 7.11 Å². The summed E-state index contributed by atoms with van der Waals surface area (Å²) in [5.74, 6) is 0.859. The number of phenols is 1. The zero-order chi connectivity index (χ0) is 10.1. The summed E-state index contributed by atoms with van der Waals surface area (Å²) in [5, 5.41) is 10.3. The summed E-state index contributed by atoms with van der Waals surface area (Å²) < 4.78 is 5.19. The summed E-state index contributed by atoms with van der Waals surface area (Å²) in [6, 6.07) is 7.05. The molecule has 0 amide bonds. The molecule has 0 saturated carbocycles. The number of fused-ring (bicyclic) bond motifs is 1. The first-order valence-electron chi connectivity index (χ1n) is 4.35. The predicted molar refractivity (Wildman–Crippen MR) is 54.7 cm³/mol. The molecule has 0 aliphatic heterocycles. The predicted octanol–water partition coefficient (Wildman–Crippen LogP) is 2.26. The molecule has 0 radical (unpaired) electrons. The summed E-state index contributed by atoms with van der Waals surface area (Å²) in [7, 11) is 1.58. The van der Waals surface area contributed by atoms with E-state index in [1.807, 2.05) is 19.1 Å². The zero-order valence-corrected chi connectivity index (χ0v) is 8.11. The minimum Gasteiger partial charge on any atom is -0.507 e. The van der Waals surface area contributed by atoms with Crippen molar-refractivity contribution in [3.8, 4) is 11.5 Å². The van der Waals surface area contributed by atoms with Crippen molar-refractivity contribution >= 4 is 10.9 Å². The maximum atomic E-state index is 9.65. The molecule has 3 heteroatoms. The highest BCUT2D eigenvalue weighted by molar-refractivity contribution is 5.90. The highest BCUT2D eigenvalue weighted by Crippen LogP contribution is 2.32. The van der Waals surface area contributed by atoms with Crippen LogP contribution < -0.4 is 4.74 Å². The molecule has 72 valence electrons. The normalized spacial score (nSPS) is 10.4. The lowest BCUT2D eigenvalue weighted by molar-refractivity contribution is 0.415. The molecule has 14 heavy (non-hydrogen) atoms. The van der Waals surface area contributed by atoms with Crippen LogP contribution in [0.15, 0.2) is 24.3 Å². The average Bonchev–Trinajstić information content (AvgIpc) is 2.16. The van der Waals surface area contributed by atoms with Gasteiger partial charge in [0, 0.05) is 11.8 Å². The molecular weight excluding hydrogens is 178 g/mol. The molecule has 0 unspecified atom stereocenters. The van der Waals surface area contributed by atoms with E-state index in [1.165, 1.54) is 0 Å². The van der Waals surface area contributed by atoms with Crippen LogP contribution in [0.5, 0.6) is 11.5 Å². The van der Waals surface area contributed by atoms with Crippen molar-refractivity contribution in [1.29, 1.82) is 0 Å². The lowest BCUT2D eigenvalue weighted by atomic mass is 10.1. The Morgan fingerprint density at radius 2 is 2.14 bits per heavy atom. The fraction of sp³-hybridized carbons (Fsp3) is 0.182. The van der Waals surface area contributed by atoms with E-state index in [0.29, 0.717) is 11.1 Å². The van der Waals surface area contributed by atoms with Gasteiger partial charge in [0.15, 0.2) is 0 Å². The van der Waals surface area contributed by atoms with Gasteiger partial charge in [-0.1, -0.05) is 6.07 Å². The number of rotatable bonds is 1. The minimum absolute atomic E-state index is 0.201. The van der Waals surface area contributed by atoms with Gasteiger partial charge in [0.2, 0.25) is 0 Å². The van der Waals surface area contributed by atoms with Crippen molar-refractivity contribution in [3.63, 3.8) is 0 Å². The van der Waals surface area contributed by atoms with Gasteiger partial charge in [0.25, 0.3) is 0 Å². The molecule has 1 N–H and O–H groups in total. The number of phenolic OH excluding ortho intramolecular Hbond substituents is 1. The Hall–Kier alpha value is -1.77. The molecule has 2 rings (SSSR count). The van der Waals surface area contributed by atoms with Gasteiger partial charge < -0.3 is 9.84 Å². The first-order valence-corrected chi connectivity index (χ1v) is 4.35. The van der Waals surface area contributed by atoms with Gasteiger partial charge in [0.05, 0.1) is 18.0 Å². The molecule has 1 heterocycles. The summed E-state index contributed by atoms with van der Waals surface area (Å²) in [6.07, 6.45) is 0. The Balaban J connectivity index is 2.88. The Morgan fingerprint density at radius 3 is 2.86 bits per heavy atom. The van der Waals surface area contributed by atoms with Gasteiger partial charge in [0.1, 0.15) is 11.5 Å². The van der Waals surface area contributed by atoms with E-state index in [9.17, 15) is 5.11 Å². The quantitative estimate of drug-likeness (QED) is 0.748. The van der Waals surface area contributed by atoms with Crippen molar-refractivity contribution in [1.82, 2.24) is 4.98 Å². The van der Waals surface area contributed by atoms with Gasteiger partial charge in [-0.25, -0.2) is 0 Å². The maximum Gasteiger partial charge on any atom is 0.133 e. The van der Waals surface area contributed by atoms with Gasteiger partial charge in [-0.3, -0.25) is 4.98 Å². The van der Waals surface area contributed by atoms with Crippen LogP contribution in [0, 0.1) is 6.92 Å². The number of methoxy groups -OCH3 is 1. The lowest BCUT2D eigenvalue weighted by Gasteiger charge is -2.07. The number of hydrogen-bond acceptors (Lipinski definition) is 3. The molecule has 1 aromatic heterocycles. The molecule has 0 saturated heterocycles. The smallest absolute Gasteiger partial charge is 0.133 e. The maximum absolute atomic E-state index is 9.65. The van der Waals surface area contributed by atoms with E-state index in [2.05, 4.69) is 4.98 Å². The molecule has 3 nitrogen and oxygen atoms in total. The number of pyridine rings is 1. The van der Waals surface area contributed by atoms with Crippen molar-refractivity contribution in [2.45, 2.75) is 6.92 Å². The van der Waals surface area contributed by atoms with Crippen LogP contribution >= 0.6 is 0 Å². The largest absolute Gasteiger partial charge is 0.507 e. The number of aryl methyl sites for hydroxylation is 1. The topological polar surface area (TPSA) is 42.4 Å². The first kappa shape index (κ1) is 8.81. The summed E-state index contributed by atoms with van der Waals surface area (Å²) in [5.41, 5.74) is 1.63. The molecule has 0 atom stereocenters. The molecule has 2 aromatic rings. The van der Waals surface area contributed by atoms with Crippen LogP contribution in [0.2, 0.25) is 0 Å². The van der Waals surface area contributed by atoms with Crippen LogP contribution in [0.3, 0.4) is 0 Å². The highest BCUT2D eigenvalue weighted by atomic mass is 16.5. The van der Waals surface area contributed by atoms with E-state index in [-0.39, 0.29) is 5.75 Å². The van der Waals surface area contributed by atoms with E-state index >= 15 is 0 Å². The van der Waals surface area contributed by atoms with Crippen LogP contribution in [0.4, 0.5) is 0 Å². The molecule has 0 fully saturated rings. The van der Waals surface area contributed by atoms with Crippen LogP contribution in [-0.4, -0.2) is 17.2 Å². The molecule has 0 bridgehead atoms. The van der Waals surface area contributed by atoms with E-state index < -0.39 is 0 Å². The number of benzene rings is 1. The van der Waals surface area contributed by atoms with Gasteiger partial charge in [-0.05, 0) is 19.1 Å². The number of aromatic nitrogens is 1.